The Labute approximate surface area is 638 Å². The summed E-state index contributed by atoms with van der Waals surface area (Å²) in [5, 5.41) is 32.1. The lowest BCUT2D eigenvalue weighted by molar-refractivity contribution is 0.0829. The molecule has 8 heterocycles. The van der Waals surface area contributed by atoms with Gasteiger partial charge in [-0.1, -0.05) is 250 Å². The molecule has 16 nitrogen and oxygen atoms in total. The van der Waals surface area contributed by atoms with Gasteiger partial charge in [0.15, 0.2) is 48.8 Å². The first kappa shape index (κ1) is 79.1. The quantitative estimate of drug-likeness (QED) is 0.135. The molecule has 0 saturated carbocycles. The molecule has 8 aromatic rings. The highest BCUT2D eigenvalue weighted by molar-refractivity contribution is 14.1. The minimum Gasteiger partial charge on any atom is -0.387 e. The highest BCUT2D eigenvalue weighted by Crippen LogP contribution is 2.37. The molecule has 0 radical (unpaired) electrons. The zero-order valence-electron chi connectivity index (χ0n) is 61.1. The van der Waals surface area contributed by atoms with Gasteiger partial charge in [-0.3, -0.25) is 0 Å². The molecule has 16 rings (SSSR count). The van der Waals surface area contributed by atoms with Crippen molar-refractivity contribution in [3.8, 4) is 0 Å². The summed E-state index contributed by atoms with van der Waals surface area (Å²) in [6, 6.07) is 64.1. The van der Waals surface area contributed by atoms with Gasteiger partial charge in [-0.2, -0.15) is 0 Å². The summed E-state index contributed by atoms with van der Waals surface area (Å²) >= 11 is 11.8. The van der Waals surface area contributed by atoms with Gasteiger partial charge in [0.2, 0.25) is 0 Å². The van der Waals surface area contributed by atoms with Crippen LogP contribution in [0.2, 0.25) is 5.02 Å². The molecule has 0 saturated heterocycles. The fourth-order valence-corrected chi connectivity index (χ4v) is 13.3. The SMILES string of the molecule is CC1=NOC(c2ccc(C)cc2)C1.CC1=NOC(c2ccc(C)cc2)C1.CC1=NOC(c2ccccc2Br)C1.CC1=NOC(c2ccccc2C)C1.CC1=NOC(c2ccccc2C)C1.CC1=NOC(c2ccccc2Cl)C1.CC1=NOC(c2ccccc2F)C1.CC1=NOC(c2ccccc2I)C1. The molecule has 8 aliphatic heterocycles. The second kappa shape index (κ2) is 39.7. The van der Waals surface area contributed by atoms with Crippen LogP contribution in [0, 0.1) is 37.1 Å². The van der Waals surface area contributed by atoms with E-state index in [2.05, 4.69) is 198 Å². The molecular weight excluding hydrogens is 1510 g/mol. The molecule has 544 valence electrons. The predicted molar refractivity (Wildman–Crippen MR) is 428 cm³/mol. The number of rotatable bonds is 8. The third-order valence-electron chi connectivity index (χ3n) is 17.5. The van der Waals surface area contributed by atoms with Gasteiger partial charge in [-0.05, 0) is 163 Å². The van der Waals surface area contributed by atoms with Crippen molar-refractivity contribution in [3.05, 3.63) is 280 Å². The van der Waals surface area contributed by atoms with E-state index in [4.69, 9.17) is 50.3 Å². The van der Waals surface area contributed by atoms with E-state index in [0.29, 0.717) is 12.0 Å². The van der Waals surface area contributed by atoms with Crippen molar-refractivity contribution in [1.82, 2.24) is 0 Å². The standard InChI is InChI=1S/4C11H13NO.C10H10BrNO.C10H10ClNO.C10H10FNO.C10H10INO/c2*1-8-3-5-10(6-4-8)11-7-9(2)12-13-11;2*1-8-5-3-4-6-10(8)11-7-9(2)12-13-11;4*1-7-6-10(13-12-7)8-4-2-3-5-9(8)11/h4*3-6,11H,7H2,1-2H3;4*2-5,10H,6H2,1H3. The van der Waals surface area contributed by atoms with Crippen molar-refractivity contribution in [1.29, 1.82) is 0 Å². The van der Waals surface area contributed by atoms with Crippen LogP contribution in [0.4, 0.5) is 4.39 Å². The van der Waals surface area contributed by atoms with Crippen LogP contribution < -0.4 is 0 Å². The first-order valence-electron chi connectivity index (χ1n) is 34.9. The fraction of sp³-hybridized carbons (Fsp3) is 0.333. The molecule has 8 atom stereocenters. The Morgan fingerprint density at radius 2 is 0.558 bits per heavy atom. The van der Waals surface area contributed by atoms with Crippen molar-refractivity contribution in [2.45, 2.75) is 183 Å². The molecule has 20 heteroatoms. The number of benzene rings is 8. The average Bonchev–Trinajstić information content (AvgIpc) is 1.37. The summed E-state index contributed by atoms with van der Waals surface area (Å²) in [6.45, 7) is 24.2. The maximum absolute atomic E-state index is 13.2. The Hall–Kier alpha value is -9.05. The van der Waals surface area contributed by atoms with Gasteiger partial charge in [-0.25, -0.2) is 4.39 Å². The summed E-state index contributed by atoms with van der Waals surface area (Å²) in [6.07, 6.45) is 7.57. The summed E-state index contributed by atoms with van der Waals surface area (Å²) in [4.78, 5) is 42.1. The van der Waals surface area contributed by atoms with Crippen LogP contribution in [0.15, 0.2) is 240 Å². The van der Waals surface area contributed by atoms with E-state index in [-0.39, 0.29) is 54.6 Å². The van der Waals surface area contributed by atoms with E-state index in [0.717, 1.165) is 106 Å². The molecule has 0 amide bonds. The Balaban J connectivity index is 0.000000138. The van der Waals surface area contributed by atoms with E-state index in [1.165, 1.54) is 65.3 Å². The monoisotopic (exact) mass is 1600 g/mol. The second-order valence-corrected chi connectivity index (χ2v) is 29.0. The van der Waals surface area contributed by atoms with Crippen LogP contribution in [0.3, 0.4) is 0 Å². The van der Waals surface area contributed by atoms with Crippen molar-refractivity contribution in [3.63, 3.8) is 0 Å². The van der Waals surface area contributed by atoms with E-state index in [1.807, 2.05) is 134 Å². The zero-order valence-corrected chi connectivity index (χ0v) is 65.6. The Morgan fingerprint density at radius 1 is 0.298 bits per heavy atom. The van der Waals surface area contributed by atoms with Gasteiger partial charge >= 0.3 is 0 Å². The molecule has 0 bridgehead atoms. The maximum Gasteiger partial charge on any atom is 0.160 e. The fourth-order valence-electron chi connectivity index (χ4n) is 11.7. The topological polar surface area (TPSA) is 173 Å². The van der Waals surface area contributed by atoms with Crippen molar-refractivity contribution in [2.75, 3.05) is 0 Å². The highest BCUT2D eigenvalue weighted by atomic mass is 127. The van der Waals surface area contributed by atoms with Crippen LogP contribution in [-0.2, 0) is 38.7 Å². The number of aryl methyl sites for hydroxylation is 4. The van der Waals surface area contributed by atoms with Gasteiger partial charge in [0.05, 0.1) is 45.7 Å². The first-order valence-corrected chi connectivity index (χ1v) is 37.2. The van der Waals surface area contributed by atoms with Gasteiger partial charge in [0.25, 0.3) is 0 Å². The van der Waals surface area contributed by atoms with Crippen LogP contribution in [0.5, 0.6) is 0 Å². The van der Waals surface area contributed by atoms with E-state index < -0.39 is 0 Å². The first-order chi connectivity index (χ1) is 50.1. The minimum absolute atomic E-state index is 0.00806. The molecule has 0 spiro atoms. The van der Waals surface area contributed by atoms with Crippen molar-refractivity contribution >= 4 is 95.8 Å². The van der Waals surface area contributed by atoms with E-state index in [9.17, 15) is 4.39 Å². The Bertz CT molecular complexity index is 3810. The summed E-state index contributed by atoms with van der Waals surface area (Å²) in [7, 11) is 0. The van der Waals surface area contributed by atoms with Crippen molar-refractivity contribution < 1.29 is 43.1 Å². The largest absolute Gasteiger partial charge is 0.387 e. The Morgan fingerprint density at radius 3 is 0.885 bits per heavy atom. The van der Waals surface area contributed by atoms with Crippen LogP contribution in [0.1, 0.15) is 222 Å². The number of hydrogen-bond acceptors (Lipinski definition) is 16. The number of nitrogens with zero attached hydrogens (tertiary/aromatic N) is 8. The van der Waals surface area contributed by atoms with Gasteiger partial charge in [-0.15, -0.1) is 0 Å². The van der Waals surface area contributed by atoms with Gasteiger partial charge in [0, 0.05) is 86.7 Å². The minimum atomic E-state index is -0.235. The molecule has 0 aromatic heterocycles. The summed E-state index contributed by atoms with van der Waals surface area (Å²) < 4.78 is 15.6. The van der Waals surface area contributed by atoms with Crippen LogP contribution in [0.25, 0.3) is 0 Å². The molecule has 8 unspecified atom stereocenters. The lowest BCUT2D eigenvalue weighted by atomic mass is 10.0. The summed E-state index contributed by atoms with van der Waals surface area (Å²) in [5.74, 6) is -0.225. The molecule has 0 fully saturated rings. The molecular formula is C84H92BrClFIN8O8. The zero-order chi connectivity index (χ0) is 74.1. The Kier molecular flexibility index (Phi) is 30.2. The third-order valence-corrected chi connectivity index (χ3v) is 19.6. The maximum atomic E-state index is 13.2. The van der Waals surface area contributed by atoms with Gasteiger partial charge < -0.3 is 38.7 Å². The third kappa shape index (κ3) is 24.0. The van der Waals surface area contributed by atoms with E-state index in [1.54, 1.807) is 18.2 Å². The smallest absolute Gasteiger partial charge is 0.160 e. The van der Waals surface area contributed by atoms with Gasteiger partial charge in [0.1, 0.15) is 5.82 Å². The molecule has 8 aromatic carbocycles. The predicted octanol–water partition coefficient (Wildman–Crippen LogP) is 23.6. The molecule has 104 heavy (non-hydrogen) atoms. The summed E-state index contributed by atoms with van der Waals surface area (Å²) in [5.41, 5.74) is 22.4. The number of hydrogen-bond donors (Lipinski definition) is 0. The van der Waals surface area contributed by atoms with Crippen LogP contribution >= 0.6 is 50.1 Å². The molecule has 0 N–H and O–H groups in total. The lowest BCUT2D eigenvalue weighted by Gasteiger charge is -2.10. The van der Waals surface area contributed by atoms with Crippen LogP contribution in [-0.4, -0.2) is 45.7 Å². The number of oxime groups is 8. The average molecular weight is 1600 g/mol. The molecule has 8 aliphatic rings. The van der Waals surface area contributed by atoms with E-state index >= 15 is 0 Å². The molecule has 0 aliphatic carbocycles. The van der Waals surface area contributed by atoms with Crippen molar-refractivity contribution in [2.24, 2.45) is 41.2 Å². The second-order valence-electron chi connectivity index (χ2n) is 26.6. The normalized spacial score (nSPS) is 21.1. The lowest BCUT2D eigenvalue weighted by Crippen LogP contribution is -2.00. The highest BCUT2D eigenvalue weighted by Gasteiger charge is 2.28. The number of halogens is 4.